The number of amides is 1. The van der Waals surface area contributed by atoms with Gasteiger partial charge in [0.1, 0.15) is 11.9 Å². The molecule has 5 heteroatoms. The summed E-state index contributed by atoms with van der Waals surface area (Å²) in [5.41, 5.74) is 2.01. The first-order valence-corrected chi connectivity index (χ1v) is 8.57. The standard InChI is InChI=1S/C19H25N3O2/c1-4-14-9-10-17(24-14)19(23)20-12-13-11-18(22(2)3)21-16-8-6-5-7-15(13)16/h5-8,11,14,17H,4,9-10,12H2,1-3H3,(H,20,23)/t14-,17-/m0/s1. The quantitative estimate of drug-likeness (QED) is 0.917. The van der Waals surface area contributed by atoms with Crippen LogP contribution in [0.15, 0.2) is 30.3 Å². The molecule has 2 atom stereocenters. The molecule has 2 aromatic rings. The van der Waals surface area contributed by atoms with Crippen LogP contribution in [-0.4, -0.2) is 37.2 Å². The number of ether oxygens (including phenoxy) is 1. The fourth-order valence-corrected chi connectivity index (χ4v) is 3.10. The van der Waals surface area contributed by atoms with Gasteiger partial charge in [0.25, 0.3) is 0 Å². The number of fused-ring (bicyclic) bond motifs is 1. The van der Waals surface area contributed by atoms with Crippen molar-refractivity contribution in [2.24, 2.45) is 0 Å². The van der Waals surface area contributed by atoms with Crippen molar-refractivity contribution in [2.75, 3.05) is 19.0 Å². The van der Waals surface area contributed by atoms with Gasteiger partial charge in [-0.2, -0.15) is 0 Å². The number of pyridine rings is 1. The predicted molar refractivity (Wildman–Crippen MR) is 96.1 cm³/mol. The maximum atomic E-state index is 12.4. The van der Waals surface area contributed by atoms with Crippen molar-refractivity contribution in [3.63, 3.8) is 0 Å². The molecule has 1 fully saturated rings. The minimum atomic E-state index is -0.309. The molecule has 0 bridgehead atoms. The first kappa shape index (κ1) is 16.7. The van der Waals surface area contributed by atoms with Crippen molar-refractivity contribution in [1.29, 1.82) is 0 Å². The highest BCUT2D eigenvalue weighted by molar-refractivity contribution is 5.85. The van der Waals surface area contributed by atoms with Gasteiger partial charge in [-0.3, -0.25) is 4.79 Å². The van der Waals surface area contributed by atoms with E-state index in [0.717, 1.165) is 41.5 Å². The molecule has 0 unspecified atom stereocenters. The highest BCUT2D eigenvalue weighted by atomic mass is 16.5. The van der Waals surface area contributed by atoms with E-state index in [0.29, 0.717) is 6.54 Å². The van der Waals surface area contributed by atoms with E-state index in [1.54, 1.807) is 0 Å². The van der Waals surface area contributed by atoms with E-state index < -0.39 is 0 Å². The smallest absolute Gasteiger partial charge is 0.249 e. The molecule has 3 rings (SSSR count). The molecule has 1 N–H and O–H groups in total. The Bertz CT molecular complexity index is 730. The van der Waals surface area contributed by atoms with Gasteiger partial charge in [-0.25, -0.2) is 4.98 Å². The Hall–Kier alpha value is -2.14. The second-order valence-electron chi connectivity index (χ2n) is 6.50. The molecule has 0 saturated carbocycles. The minimum absolute atomic E-state index is 0.0155. The lowest BCUT2D eigenvalue weighted by Crippen LogP contribution is -2.34. The summed E-state index contributed by atoms with van der Waals surface area (Å²) in [6.45, 7) is 2.58. The number of carbonyl (C=O) groups is 1. The number of para-hydroxylation sites is 1. The van der Waals surface area contributed by atoms with E-state index in [1.807, 2.05) is 49.3 Å². The monoisotopic (exact) mass is 327 g/mol. The van der Waals surface area contributed by atoms with Gasteiger partial charge >= 0.3 is 0 Å². The third-order valence-corrected chi connectivity index (χ3v) is 4.55. The van der Waals surface area contributed by atoms with E-state index in [4.69, 9.17) is 4.74 Å². The number of nitrogens with one attached hydrogen (secondary N) is 1. The average molecular weight is 327 g/mol. The van der Waals surface area contributed by atoms with Crippen LogP contribution in [0.4, 0.5) is 5.82 Å². The number of carbonyl (C=O) groups excluding carboxylic acids is 1. The molecule has 24 heavy (non-hydrogen) atoms. The molecule has 1 aliphatic rings. The van der Waals surface area contributed by atoms with Gasteiger partial charge in [0.2, 0.25) is 5.91 Å². The topological polar surface area (TPSA) is 54.5 Å². The van der Waals surface area contributed by atoms with Crippen molar-refractivity contribution >= 4 is 22.6 Å². The maximum absolute atomic E-state index is 12.4. The summed E-state index contributed by atoms with van der Waals surface area (Å²) in [6.07, 6.45) is 2.66. The zero-order chi connectivity index (χ0) is 17.1. The lowest BCUT2D eigenvalue weighted by Gasteiger charge is -2.17. The summed E-state index contributed by atoms with van der Waals surface area (Å²) in [5, 5.41) is 4.11. The van der Waals surface area contributed by atoms with Gasteiger partial charge in [-0.1, -0.05) is 25.1 Å². The van der Waals surface area contributed by atoms with E-state index >= 15 is 0 Å². The van der Waals surface area contributed by atoms with Crippen LogP contribution in [0.25, 0.3) is 10.9 Å². The van der Waals surface area contributed by atoms with Crippen molar-refractivity contribution in [3.05, 3.63) is 35.9 Å². The number of rotatable bonds is 5. The number of aromatic nitrogens is 1. The van der Waals surface area contributed by atoms with Crippen LogP contribution in [0.1, 0.15) is 31.7 Å². The Morgan fingerprint density at radius 1 is 1.33 bits per heavy atom. The van der Waals surface area contributed by atoms with E-state index in [-0.39, 0.29) is 18.1 Å². The highest BCUT2D eigenvalue weighted by Crippen LogP contribution is 2.24. The SMILES string of the molecule is CC[C@H]1CC[C@@H](C(=O)NCc2cc(N(C)C)nc3ccccc23)O1. The summed E-state index contributed by atoms with van der Waals surface area (Å²) in [4.78, 5) is 19.0. The molecule has 1 amide bonds. The van der Waals surface area contributed by atoms with Crippen molar-refractivity contribution in [1.82, 2.24) is 10.3 Å². The number of hydrogen-bond acceptors (Lipinski definition) is 4. The molecular formula is C19H25N3O2. The minimum Gasteiger partial charge on any atom is -0.365 e. The molecule has 0 radical (unpaired) electrons. The van der Waals surface area contributed by atoms with Gasteiger partial charge in [0.15, 0.2) is 0 Å². The predicted octanol–water partition coefficient (Wildman–Crippen LogP) is 2.87. The number of benzene rings is 1. The molecule has 2 heterocycles. The van der Waals surface area contributed by atoms with Crippen LogP contribution in [0, 0.1) is 0 Å². The fourth-order valence-electron chi connectivity index (χ4n) is 3.10. The van der Waals surface area contributed by atoms with Crippen LogP contribution in [0.2, 0.25) is 0 Å². The second-order valence-corrected chi connectivity index (χ2v) is 6.50. The molecule has 1 aromatic heterocycles. The molecule has 5 nitrogen and oxygen atoms in total. The third kappa shape index (κ3) is 3.51. The Morgan fingerprint density at radius 3 is 2.83 bits per heavy atom. The average Bonchev–Trinajstić information content (AvgIpc) is 3.08. The molecule has 1 aromatic carbocycles. The summed E-state index contributed by atoms with van der Waals surface area (Å²) >= 11 is 0. The van der Waals surface area contributed by atoms with Crippen molar-refractivity contribution in [3.8, 4) is 0 Å². The van der Waals surface area contributed by atoms with Crippen LogP contribution in [-0.2, 0) is 16.1 Å². The molecule has 128 valence electrons. The van der Waals surface area contributed by atoms with Gasteiger partial charge in [0.05, 0.1) is 11.6 Å². The van der Waals surface area contributed by atoms with Crippen LogP contribution in [0.3, 0.4) is 0 Å². The van der Waals surface area contributed by atoms with Crippen LogP contribution in [0.5, 0.6) is 0 Å². The van der Waals surface area contributed by atoms with Gasteiger partial charge in [0, 0.05) is 26.0 Å². The van der Waals surface area contributed by atoms with Crippen molar-refractivity contribution in [2.45, 2.75) is 44.9 Å². The zero-order valence-electron chi connectivity index (χ0n) is 14.6. The third-order valence-electron chi connectivity index (χ3n) is 4.55. The normalized spacial score (nSPS) is 20.3. The second kappa shape index (κ2) is 7.18. The summed E-state index contributed by atoms with van der Waals surface area (Å²) in [7, 11) is 3.94. The first-order valence-electron chi connectivity index (χ1n) is 8.57. The largest absolute Gasteiger partial charge is 0.365 e. The number of hydrogen-bond donors (Lipinski definition) is 1. The zero-order valence-corrected chi connectivity index (χ0v) is 14.6. The van der Waals surface area contributed by atoms with E-state index in [9.17, 15) is 4.79 Å². The van der Waals surface area contributed by atoms with Crippen molar-refractivity contribution < 1.29 is 9.53 Å². The van der Waals surface area contributed by atoms with Gasteiger partial charge < -0.3 is 15.0 Å². The van der Waals surface area contributed by atoms with E-state index in [1.165, 1.54) is 0 Å². The summed E-state index contributed by atoms with van der Waals surface area (Å²) in [5.74, 6) is 0.874. The summed E-state index contributed by atoms with van der Waals surface area (Å²) in [6, 6.07) is 10.1. The Labute approximate surface area is 143 Å². The number of anilines is 1. The highest BCUT2D eigenvalue weighted by Gasteiger charge is 2.29. The lowest BCUT2D eigenvalue weighted by atomic mass is 10.1. The molecular weight excluding hydrogens is 302 g/mol. The van der Waals surface area contributed by atoms with Gasteiger partial charge in [-0.15, -0.1) is 0 Å². The van der Waals surface area contributed by atoms with Crippen LogP contribution >= 0.6 is 0 Å². The fraction of sp³-hybridized carbons (Fsp3) is 0.474. The molecule has 0 aliphatic carbocycles. The maximum Gasteiger partial charge on any atom is 0.249 e. The Kier molecular flexibility index (Phi) is 5.00. The van der Waals surface area contributed by atoms with Gasteiger partial charge in [-0.05, 0) is 37.0 Å². The van der Waals surface area contributed by atoms with Crippen LogP contribution < -0.4 is 10.2 Å². The number of nitrogens with zero attached hydrogens (tertiary/aromatic N) is 2. The summed E-state index contributed by atoms with van der Waals surface area (Å²) < 4.78 is 5.78. The lowest BCUT2D eigenvalue weighted by molar-refractivity contribution is -0.132. The molecule has 0 spiro atoms. The first-order chi connectivity index (χ1) is 11.6. The molecule has 1 aliphatic heterocycles. The Morgan fingerprint density at radius 2 is 2.12 bits per heavy atom. The van der Waals surface area contributed by atoms with E-state index in [2.05, 4.69) is 17.2 Å². The molecule has 1 saturated heterocycles. The Balaban J connectivity index is 1.76.